The summed E-state index contributed by atoms with van der Waals surface area (Å²) in [6, 6.07) is 4.64. The van der Waals surface area contributed by atoms with Crippen molar-refractivity contribution in [3.63, 3.8) is 0 Å². The van der Waals surface area contributed by atoms with Crippen LogP contribution in [0.3, 0.4) is 0 Å². The van der Waals surface area contributed by atoms with Gasteiger partial charge in [-0.15, -0.1) is 5.10 Å². The zero-order valence-electron chi connectivity index (χ0n) is 19.1. The van der Waals surface area contributed by atoms with E-state index in [1.54, 1.807) is 23.2 Å². The van der Waals surface area contributed by atoms with Crippen molar-refractivity contribution in [2.45, 2.75) is 50.8 Å². The van der Waals surface area contributed by atoms with Crippen LogP contribution in [0.15, 0.2) is 24.4 Å². The summed E-state index contributed by atoms with van der Waals surface area (Å²) in [7, 11) is 0. The normalized spacial score (nSPS) is 28.2. The van der Waals surface area contributed by atoms with Gasteiger partial charge in [-0.2, -0.15) is 0 Å². The summed E-state index contributed by atoms with van der Waals surface area (Å²) >= 11 is 0. The van der Waals surface area contributed by atoms with Gasteiger partial charge < -0.3 is 14.9 Å². The van der Waals surface area contributed by atoms with Crippen LogP contribution in [0.4, 0.5) is 0 Å². The molecule has 3 aliphatic heterocycles. The second kappa shape index (κ2) is 8.26. The van der Waals surface area contributed by atoms with Crippen molar-refractivity contribution >= 4 is 23.6 Å². The van der Waals surface area contributed by atoms with Crippen LogP contribution >= 0.6 is 0 Å². The Morgan fingerprint density at radius 2 is 1.91 bits per heavy atom. The van der Waals surface area contributed by atoms with Crippen molar-refractivity contribution in [1.82, 2.24) is 30.1 Å². The van der Waals surface area contributed by atoms with Gasteiger partial charge >= 0.3 is 0 Å². The summed E-state index contributed by atoms with van der Waals surface area (Å²) in [5.74, 6) is -0.464. The van der Waals surface area contributed by atoms with E-state index in [0.717, 1.165) is 24.8 Å². The second-order valence-corrected chi connectivity index (χ2v) is 9.99. The minimum Gasteiger partial charge on any atom is -0.393 e. The Morgan fingerprint density at radius 1 is 1.09 bits per heavy atom. The first-order valence-corrected chi connectivity index (χ1v) is 12.0. The number of piperidine rings is 1. The summed E-state index contributed by atoms with van der Waals surface area (Å²) in [6.45, 7) is 1.59. The minimum absolute atomic E-state index is 0.179. The first-order chi connectivity index (χ1) is 16.9. The SMILES string of the molecule is O=C1CCC(N2Cc3ccc(-n4cc(C(=O)N5C[C@H]6CC[C@@H](O)C[C@H]6C5)nn4)cc3C2=O)C(=O)N1. The molecule has 1 unspecified atom stereocenters. The molecule has 2 N–H and O–H groups in total. The summed E-state index contributed by atoms with van der Waals surface area (Å²) in [5.41, 5.74) is 2.09. The standard InChI is InChI=1S/C24H26N6O5/c31-17-4-2-13-9-28(10-15(13)7-17)24(35)19-12-30(27-26-19)16-3-1-14-11-29(23(34)18(14)8-16)20-5-6-21(32)25-22(20)33/h1,3,8,12-13,15,17,20,31H,2,4-7,9-11H2,(H,25,32,33)/t13-,15+,17-,20?/m1/s1. The molecule has 4 aliphatic rings. The number of aliphatic hydroxyl groups is 1. The number of aromatic nitrogens is 3. The number of imide groups is 1. The molecule has 6 rings (SSSR count). The molecule has 1 aliphatic carbocycles. The quantitative estimate of drug-likeness (QED) is 0.604. The lowest BCUT2D eigenvalue weighted by molar-refractivity contribution is -0.136. The molecule has 4 atom stereocenters. The molecule has 2 saturated heterocycles. The summed E-state index contributed by atoms with van der Waals surface area (Å²) in [6.07, 6.45) is 4.26. The van der Waals surface area contributed by atoms with Gasteiger partial charge in [-0.25, -0.2) is 4.68 Å². The Kier molecular flexibility index (Phi) is 5.17. The number of nitrogens with zero attached hydrogens (tertiary/aromatic N) is 5. The molecule has 11 heteroatoms. The van der Waals surface area contributed by atoms with E-state index >= 15 is 0 Å². The van der Waals surface area contributed by atoms with Crippen molar-refractivity contribution in [2.24, 2.45) is 11.8 Å². The molecule has 2 aromatic rings. The van der Waals surface area contributed by atoms with E-state index in [2.05, 4.69) is 15.6 Å². The first kappa shape index (κ1) is 21.9. The molecular formula is C24H26N6O5. The predicted molar refractivity (Wildman–Crippen MR) is 120 cm³/mol. The van der Waals surface area contributed by atoms with E-state index in [9.17, 15) is 24.3 Å². The van der Waals surface area contributed by atoms with Gasteiger partial charge in [0.05, 0.1) is 18.0 Å². The lowest BCUT2D eigenvalue weighted by Gasteiger charge is -2.29. The molecule has 35 heavy (non-hydrogen) atoms. The third-order valence-electron chi connectivity index (χ3n) is 7.80. The lowest BCUT2D eigenvalue weighted by atomic mass is 9.80. The number of carbonyl (C=O) groups is 4. The second-order valence-electron chi connectivity index (χ2n) is 9.99. The number of aliphatic hydroxyl groups excluding tert-OH is 1. The Balaban J connectivity index is 1.18. The molecule has 1 aromatic carbocycles. The Labute approximate surface area is 201 Å². The van der Waals surface area contributed by atoms with Gasteiger partial charge in [-0.1, -0.05) is 11.3 Å². The largest absolute Gasteiger partial charge is 0.393 e. The fraction of sp³-hybridized carbons (Fsp3) is 0.500. The molecule has 0 bridgehead atoms. The number of benzene rings is 1. The van der Waals surface area contributed by atoms with E-state index < -0.39 is 11.9 Å². The average Bonchev–Trinajstić information content (AvgIpc) is 3.56. The van der Waals surface area contributed by atoms with Gasteiger partial charge in [0.1, 0.15) is 6.04 Å². The van der Waals surface area contributed by atoms with Crippen LogP contribution in [0.1, 0.15) is 58.5 Å². The predicted octanol–water partition coefficient (Wildman–Crippen LogP) is 0.261. The van der Waals surface area contributed by atoms with Gasteiger partial charge in [0.25, 0.3) is 11.8 Å². The molecule has 11 nitrogen and oxygen atoms in total. The first-order valence-electron chi connectivity index (χ1n) is 12.0. The molecule has 4 heterocycles. The molecule has 0 spiro atoms. The number of fused-ring (bicyclic) bond motifs is 2. The summed E-state index contributed by atoms with van der Waals surface area (Å²) in [4.78, 5) is 53.1. The van der Waals surface area contributed by atoms with Crippen molar-refractivity contribution in [3.8, 4) is 5.69 Å². The zero-order chi connectivity index (χ0) is 24.3. The van der Waals surface area contributed by atoms with Crippen LogP contribution < -0.4 is 5.32 Å². The van der Waals surface area contributed by atoms with Crippen molar-refractivity contribution in [1.29, 1.82) is 0 Å². The number of hydrogen-bond donors (Lipinski definition) is 2. The average molecular weight is 479 g/mol. The van der Waals surface area contributed by atoms with E-state index in [1.807, 2.05) is 6.07 Å². The van der Waals surface area contributed by atoms with Crippen molar-refractivity contribution in [3.05, 3.63) is 41.2 Å². The number of hydrogen-bond acceptors (Lipinski definition) is 7. The van der Waals surface area contributed by atoms with Crippen LogP contribution in [0, 0.1) is 11.8 Å². The van der Waals surface area contributed by atoms with E-state index in [0.29, 0.717) is 49.1 Å². The molecule has 4 amide bonds. The van der Waals surface area contributed by atoms with Crippen LogP contribution in [0.5, 0.6) is 0 Å². The Bertz CT molecular complexity index is 1240. The maximum absolute atomic E-state index is 13.1. The molecule has 1 aromatic heterocycles. The number of amides is 4. The highest BCUT2D eigenvalue weighted by atomic mass is 16.3. The van der Waals surface area contributed by atoms with Crippen LogP contribution in [-0.4, -0.2) is 78.8 Å². The number of likely N-dealkylation sites (tertiary alicyclic amines) is 1. The topological polar surface area (TPSA) is 138 Å². The van der Waals surface area contributed by atoms with E-state index in [1.165, 1.54) is 9.58 Å². The summed E-state index contributed by atoms with van der Waals surface area (Å²) < 4.78 is 1.47. The molecule has 182 valence electrons. The number of carbonyl (C=O) groups excluding carboxylic acids is 4. The van der Waals surface area contributed by atoms with Crippen molar-refractivity contribution < 1.29 is 24.3 Å². The Morgan fingerprint density at radius 3 is 2.74 bits per heavy atom. The van der Waals surface area contributed by atoms with E-state index in [-0.39, 0.29) is 35.9 Å². The molecule has 3 fully saturated rings. The minimum atomic E-state index is -0.670. The third-order valence-corrected chi connectivity index (χ3v) is 7.80. The summed E-state index contributed by atoms with van der Waals surface area (Å²) in [5, 5.41) is 20.4. The van der Waals surface area contributed by atoms with Crippen LogP contribution in [0.2, 0.25) is 0 Å². The number of rotatable bonds is 3. The maximum atomic E-state index is 13.1. The van der Waals surface area contributed by atoms with Gasteiger partial charge in [0.15, 0.2) is 5.69 Å². The number of nitrogens with one attached hydrogen (secondary N) is 1. The lowest BCUT2D eigenvalue weighted by Crippen LogP contribution is -2.52. The fourth-order valence-electron chi connectivity index (χ4n) is 5.91. The highest BCUT2D eigenvalue weighted by Gasteiger charge is 2.41. The van der Waals surface area contributed by atoms with Crippen LogP contribution in [0.25, 0.3) is 5.69 Å². The van der Waals surface area contributed by atoms with Crippen molar-refractivity contribution in [2.75, 3.05) is 13.1 Å². The van der Waals surface area contributed by atoms with Crippen LogP contribution in [-0.2, 0) is 16.1 Å². The maximum Gasteiger partial charge on any atom is 0.276 e. The highest BCUT2D eigenvalue weighted by molar-refractivity contribution is 6.05. The molecule has 0 radical (unpaired) electrons. The monoisotopic (exact) mass is 478 g/mol. The molecule has 1 saturated carbocycles. The fourth-order valence-corrected chi connectivity index (χ4v) is 5.91. The smallest absolute Gasteiger partial charge is 0.276 e. The van der Waals surface area contributed by atoms with Gasteiger partial charge in [-0.3, -0.25) is 24.5 Å². The van der Waals surface area contributed by atoms with Gasteiger partial charge in [0, 0.05) is 31.6 Å². The molecular weight excluding hydrogens is 452 g/mol. The highest BCUT2D eigenvalue weighted by Crippen LogP contribution is 2.36. The third kappa shape index (κ3) is 3.79. The van der Waals surface area contributed by atoms with Gasteiger partial charge in [0.2, 0.25) is 11.8 Å². The zero-order valence-corrected chi connectivity index (χ0v) is 19.1. The van der Waals surface area contributed by atoms with Gasteiger partial charge in [-0.05, 0) is 55.2 Å². The Hall–Kier alpha value is -3.60. The van der Waals surface area contributed by atoms with E-state index in [4.69, 9.17) is 0 Å².